The maximum absolute atomic E-state index is 17.3. The monoisotopic (exact) mass is 638 g/mol. The lowest BCUT2D eigenvalue weighted by molar-refractivity contribution is -0.126. The predicted molar refractivity (Wildman–Crippen MR) is 167 cm³/mol. The maximum atomic E-state index is 17.3. The largest absolute Gasteiger partial charge is 0.507 e. The summed E-state index contributed by atoms with van der Waals surface area (Å²) in [5.74, 6) is -5.01. The molecule has 6 rings (SSSR count). The highest BCUT2D eigenvalue weighted by Crippen LogP contribution is 2.49. The Hall–Kier alpha value is -4.58. The number of aromatic nitrogens is 3. The van der Waals surface area contributed by atoms with Crippen LogP contribution in [0, 0.1) is 24.4 Å². The van der Waals surface area contributed by atoms with Gasteiger partial charge in [-0.15, -0.1) is 0 Å². The molecule has 13 heteroatoms. The zero-order valence-electron chi connectivity index (χ0n) is 24.8. The number of anilines is 2. The Morgan fingerprint density at radius 2 is 1.93 bits per heavy atom. The van der Waals surface area contributed by atoms with Crippen molar-refractivity contribution >= 4 is 39.9 Å². The molecule has 2 aromatic carbocycles. The van der Waals surface area contributed by atoms with Crippen LogP contribution in [0.5, 0.6) is 5.75 Å². The van der Waals surface area contributed by atoms with Crippen LogP contribution in [0.15, 0.2) is 41.8 Å². The van der Waals surface area contributed by atoms with Crippen LogP contribution in [0.1, 0.15) is 37.4 Å². The number of halogens is 4. The van der Waals surface area contributed by atoms with Gasteiger partial charge >= 0.3 is 5.69 Å². The van der Waals surface area contributed by atoms with Crippen molar-refractivity contribution in [2.45, 2.75) is 39.2 Å². The van der Waals surface area contributed by atoms with E-state index in [2.05, 4.69) is 21.9 Å². The van der Waals surface area contributed by atoms with Crippen LogP contribution in [0.2, 0.25) is 5.02 Å². The van der Waals surface area contributed by atoms with Crippen LogP contribution in [0.4, 0.5) is 24.7 Å². The van der Waals surface area contributed by atoms with E-state index in [9.17, 15) is 19.1 Å². The first kappa shape index (κ1) is 30.4. The quantitative estimate of drug-likeness (QED) is 0.278. The molecule has 0 saturated carbocycles. The van der Waals surface area contributed by atoms with E-state index in [1.165, 1.54) is 6.08 Å². The highest BCUT2D eigenvalue weighted by atomic mass is 35.5. The van der Waals surface area contributed by atoms with E-state index in [4.69, 9.17) is 11.6 Å². The molecule has 2 aliphatic rings. The first-order valence-electron chi connectivity index (χ1n) is 14.5. The predicted octanol–water partition coefficient (Wildman–Crippen LogP) is 5.67. The number of aromatic hydroxyl groups is 1. The fraction of sp³-hybridized carbons (Fsp3) is 0.312. The number of piperazine rings is 1. The number of hydrogen-bond donors (Lipinski definition) is 2. The molecule has 1 atom stereocenters. The van der Waals surface area contributed by atoms with Gasteiger partial charge in [0.1, 0.15) is 17.1 Å². The van der Waals surface area contributed by atoms with Crippen molar-refractivity contribution in [3.05, 3.63) is 81.3 Å². The molecule has 0 radical (unpaired) electrons. The Balaban J connectivity index is 1.78. The normalized spacial score (nSPS) is 16.3. The summed E-state index contributed by atoms with van der Waals surface area (Å²) in [7, 11) is 0. The average Bonchev–Trinajstić information content (AvgIpc) is 3.00. The van der Waals surface area contributed by atoms with Crippen molar-refractivity contribution in [2.75, 3.05) is 36.4 Å². The van der Waals surface area contributed by atoms with Gasteiger partial charge in [-0.3, -0.25) is 14.3 Å². The highest BCUT2D eigenvalue weighted by molar-refractivity contribution is 6.38. The molecule has 2 aliphatic heterocycles. The number of rotatable bonds is 4. The molecular weight excluding hydrogens is 609 g/mol. The fourth-order valence-electron chi connectivity index (χ4n) is 6.34. The molecule has 0 spiro atoms. The summed E-state index contributed by atoms with van der Waals surface area (Å²) in [4.78, 5) is 39.1. The van der Waals surface area contributed by atoms with Crippen LogP contribution < -0.4 is 15.9 Å². The highest BCUT2D eigenvalue weighted by Gasteiger charge is 2.37. The van der Waals surface area contributed by atoms with Crippen LogP contribution in [0.25, 0.3) is 27.7 Å². The third-order valence-electron chi connectivity index (χ3n) is 8.46. The number of carbonyl (C=O) groups is 1. The molecule has 2 aromatic heterocycles. The minimum atomic E-state index is -1.50. The summed E-state index contributed by atoms with van der Waals surface area (Å²) in [5.41, 5.74) is -1.01. The van der Waals surface area contributed by atoms with Gasteiger partial charge in [0.2, 0.25) is 5.91 Å². The first-order valence-corrected chi connectivity index (χ1v) is 14.9. The summed E-state index contributed by atoms with van der Waals surface area (Å²) in [5, 5.41) is 13.7. The van der Waals surface area contributed by atoms with Gasteiger partial charge in [0, 0.05) is 44.0 Å². The van der Waals surface area contributed by atoms with Crippen LogP contribution in [-0.4, -0.2) is 62.7 Å². The Bertz CT molecular complexity index is 1960. The van der Waals surface area contributed by atoms with Gasteiger partial charge in [-0.2, -0.15) is 4.98 Å². The van der Waals surface area contributed by atoms with Gasteiger partial charge in [-0.05, 0) is 49.1 Å². The third kappa shape index (κ3) is 4.78. The number of pyridine rings is 1. The topological polar surface area (TPSA) is 104 Å². The molecule has 1 amide bonds. The first-order chi connectivity index (χ1) is 21.5. The van der Waals surface area contributed by atoms with Gasteiger partial charge in [-0.25, -0.2) is 18.0 Å². The van der Waals surface area contributed by atoms with Gasteiger partial charge in [-0.1, -0.05) is 32.0 Å². The number of hydrogen-bond acceptors (Lipinski definition) is 7. The van der Waals surface area contributed by atoms with E-state index >= 15 is 8.78 Å². The Labute approximate surface area is 261 Å². The van der Waals surface area contributed by atoms with Gasteiger partial charge in [0.05, 0.1) is 33.0 Å². The lowest BCUT2D eigenvalue weighted by Gasteiger charge is -2.43. The molecule has 1 fully saturated rings. The summed E-state index contributed by atoms with van der Waals surface area (Å²) in [6.45, 7) is 10.2. The maximum Gasteiger partial charge on any atom is 0.354 e. The minimum absolute atomic E-state index is 0.132. The van der Waals surface area contributed by atoms with Crippen molar-refractivity contribution in [2.24, 2.45) is 0 Å². The number of aryl methyl sites for hydroxylation is 1. The summed E-state index contributed by atoms with van der Waals surface area (Å²) >= 11 is 6.85. The molecule has 1 saturated heterocycles. The van der Waals surface area contributed by atoms with E-state index in [0.29, 0.717) is 36.5 Å². The summed E-state index contributed by atoms with van der Waals surface area (Å²) in [6, 6.07) is 3.01. The number of amides is 1. The molecule has 45 heavy (non-hydrogen) atoms. The Kier molecular flexibility index (Phi) is 7.72. The van der Waals surface area contributed by atoms with Crippen LogP contribution in [0.3, 0.4) is 0 Å². The standard InChI is InChI=1S/C32H30ClF3N6O3/c1-5-20(44)40-12-13-41-17(14-40)9-11-38-28-23-30(26(36)22(24(28)33)21-19(43)7-6-18(34)25(21)35)42(32(45)39-31(23)41)29-16(4)8-10-37-27(29)15(2)3/h5-8,10,15,17,38,43H,1,9,11-14H2,2-4H3. The lowest BCUT2D eigenvalue weighted by atomic mass is 9.96. The van der Waals surface area contributed by atoms with Crippen molar-refractivity contribution in [3.8, 4) is 22.6 Å². The molecule has 4 heterocycles. The van der Waals surface area contributed by atoms with Gasteiger partial charge in [0.15, 0.2) is 17.5 Å². The molecule has 0 aliphatic carbocycles. The summed E-state index contributed by atoms with van der Waals surface area (Å²) < 4.78 is 48.3. The van der Waals surface area contributed by atoms with Crippen molar-refractivity contribution in [1.29, 1.82) is 0 Å². The second-order valence-corrected chi connectivity index (χ2v) is 11.9. The molecule has 4 aromatic rings. The van der Waals surface area contributed by atoms with Crippen molar-refractivity contribution < 1.29 is 23.1 Å². The average molecular weight is 639 g/mol. The summed E-state index contributed by atoms with van der Waals surface area (Å²) in [6.07, 6.45) is 3.29. The smallest absolute Gasteiger partial charge is 0.354 e. The number of nitrogens with zero attached hydrogens (tertiary/aromatic N) is 5. The Morgan fingerprint density at radius 1 is 1.18 bits per heavy atom. The number of nitrogens with one attached hydrogen (secondary N) is 1. The number of phenolic OH excluding ortho intramolecular Hbond substituents is 1. The van der Waals surface area contributed by atoms with Crippen molar-refractivity contribution in [1.82, 2.24) is 19.4 Å². The number of phenols is 1. The second kappa shape index (κ2) is 11.4. The molecule has 234 valence electrons. The van der Waals surface area contributed by atoms with Gasteiger partial charge < -0.3 is 20.2 Å². The fourth-order valence-corrected chi connectivity index (χ4v) is 6.67. The zero-order valence-corrected chi connectivity index (χ0v) is 25.6. The minimum Gasteiger partial charge on any atom is -0.507 e. The second-order valence-electron chi connectivity index (χ2n) is 11.5. The molecule has 9 nitrogen and oxygen atoms in total. The van der Waals surface area contributed by atoms with E-state index in [-0.39, 0.29) is 58.4 Å². The Morgan fingerprint density at radius 3 is 2.64 bits per heavy atom. The van der Waals surface area contributed by atoms with Crippen molar-refractivity contribution in [3.63, 3.8) is 0 Å². The number of carbonyl (C=O) groups excluding carboxylic acids is 1. The molecule has 2 N–H and O–H groups in total. The van der Waals surface area contributed by atoms with Gasteiger partial charge in [0.25, 0.3) is 0 Å². The molecule has 1 unspecified atom stereocenters. The van der Waals surface area contributed by atoms with Crippen LogP contribution in [-0.2, 0) is 4.79 Å². The molecule has 0 bridgehead atoms. The SMILES string of the molecule is C=CC(=O)N1CCN2c3nc(=O)n(-c4c(C)ccnc4C(C)C)c4c(F)c(-c5c(O)ccc(F)c5F)c(Cl)c(c34)NCCC2C1. The molecular formula is C32H30ClF3N6O3. The van der Waals surface area contributed by atoms with E-state index < -0.39 is 40.0 Å². The third-order valence-corrected chi connectivity index (χ3v) is 8.84. The van der Waals surface area contributed by atoms with E-state index in [1.807, 2.05) is 18.7 Å². The lowest BCUT2D eigenvalue weighted by Crippen LogP contribution is -2.56. The van der Waals surface area contributed by atoms with Crippen LogP contribution >= 0.6 is 11.6 Å². The van der Waals surface area contributed by atoms with E-state index in [0.717, 1.165) is 16.7 Å². The number of fused-ring (bicyclic) bond motifs is 2. The zero-order chi connectivity index (χ0) is 32.3. The van der Waals surface area contributed by atoms with E-state index in [1.54, 1.807) is 24.1 Å². The number of benzene rings is 2.